The molecule has 2 rings (SSSR count). The van der Waals surface area contributed by atoms with Crippen molar-refractivity contribution in [3.8, 4) is 0 Å². The van der Waals surface area contributed by atoms with Gasteiger partial charge in [-0.15, -0.1) is 0 Å². The number of aromatic nitrogens is 1. The lowest BCUT2D eigenvalue weighted by molar-refractivity contribution is -0.120. The Balaban J connectivity index is 2.19. The highest BCUT2D eigenvalue weighted by Gasteiger charge is 2.22. The minimum absolute atomic E-state index is 0.114. The van der Waals surface area contributed by atoms with Crippen LogP contribution in [0.15, 0.2) is 18.3 Å². The Morgan fingerprint density at radius 2 is 2.12 bits per heavy atom. The predicted octanol–water partition coefficient (Wildman–Crippen LogP) is 2.27. The zero-order chi connectivity index (χ0) is 12.3. The van der Waals surface area contributed by atoms with Gasteiger partial charge in [-0.1, -0.05) is 6.07 Å². The molecule has 1 amide bonds. The molecule has 1 saturated carbocycles. The number of pyridine rings is 1. The van der Waals surface area contributed by atoms with Gasteiger partial charge in [0.1, 0.15) is 11.6 Å². The Morgan fingerprint density at radius 1 is 1.41 bits per heavy atom. The molecule has 0 saturated heterocycles. The molecule has 0 atom stereocenters. The lowest BCUT2D eigenvalue weighted by Crippen LogP contribution is -2.16. The van der Waals surface area contributed by atoms with Crippen LogP contribution in [0, 0.1) is 0 Å². The summed E-state index contributed by atoms with van der Waals surface area (Å²) in [4.78, 5) is 26.5. The number of amides is 1. The van der Waals surface area contributed by atoms with Crippen molar-refractivity contribution >= 4 is 17.5 Å². The number of rotatable bonds is 2. The third kappa shape index (κ3) is 2.90. The average molecular weight is 232 g/mol. The van der Waals surface area contributed by atoms with E-state index in [2.05, 4.69) is 10.3 Å². The van der Waals surface area contributed by atoms with Crippen molar-refractivity contribution < 1.29 is 9.59 Å². The van der Waals surface area contributed by atoms with Crippen molar-refractivity contribution in [3.63, 3.8) is 0 Å². The second kappa shape index (κ2) is 5.08. The van der Waals surface area contributed by atoms with Gasteiger partial charge < -0.3 is 5.32 Å². The number of anilines is 1. The molecule has 0 spiro atoms. The summed E-state index contributed by atoms with van der Waals surface area (Å²) >= 11 is 0. The van der Waals surface area contributed by atoms with E-state index in [1.165, 1.54) is 6.92 Å². The van der Waals surface area contributed by atoms with Crippen LogP contribution in [-0.4, -0.2) is 16.7 Å². The van der Waals surface area contributed by atoms with E-state index in [0.29, 0.717) is 30.4 Å². The number of hydrogen-bond donors (Lipinski definition) is 1. The molecule has 1 aliphatic carbocycles. The Morgan fingerprint density at radius 3 is 2.76 bits per heavy atom. The summed E-state index contributed by atoms with van der Waals surface area (Å²) in [5, 5.41) is 2.75. The van der Waals surface area contributed by atoms with Crippen molar-refractivity contribution in [1.29, 1.82) is 0 Å². The Hall–Kier alpha value is -1.71. The van der Waals surface area contributed by atoms with Crippen LogP contribution >= 0.6 is 0 Å². The van der Waals surface area contributed by atoms with Crippen molar-refractivity contribution in [2.75, 3.05) is 5.32 Å². The number of carbonyl (C=O) groups is 2. The standard InChI is InChI=1S/C13H16N2O2/c1-9(16)15-13-12(3-2-8-14-13)10-4-6-11(17)7-5-10/h2-3,8,10H,4-7H2,1H3,(H,14,15,16). The van der Waals surface area contributed by atoms with Gasteiger partial charge in [0, 0.05) is 26.0 Å². The fourth-order valence-electron chi connectivity index (χ4n) is 2.27. The minimum atomic E-state index is -0.114. The van der Waals surface area contributed by atoms with Gasteiger partial charge in [0.15, 0.2) is 0 Å². The Labute approximate surface area is 100 Å². The van der Waals surface area contributed by atoms with E-state index in [4.69, 9.17) is 0 Å². The second-order valence-corrected chi connectivity index (χ2v) is 4.44. The van der Waals surface area contributed by atoms with Crippen molar-refractivity contribution in [2.24, 2.45) is 0 Å². The molecule has 0 aromatic carbocycles. The van der Waals surface area contributed by atoms with Crippen LogP contribution in [0.2, 0.25) is 0 Å². The maximum atomic E-state index is 11.2. The van der Waals surface area contributed by atoms with Gasteiger partial charge in [-0.2, -0.15) is 0 Å². The van der Waals surface area contributed by atoms with Gasteiger partial charge in [0.05, 0.1) is 0 Å². The third-order valence-corrected chi connectivity index (χ3v) is 3.12. The van der Waals surface area contributed by atoms with Gasteiger partial charge >= 0.3 is 0 Å². The number of nitrogens with one attached hydrogen (secondary N) is 1. The molecule has 0 unspecified atom stereocenters. The molecule has 0 radical (unpaired) electrons. The summed E-state index contributed by atoms with van der Waals surface area (Å²) < 4.78 is 0. The van der Waals surface area contributed by atoms with Crippen LogP contribution in [0.4, 0.5) is 5.82 Å². The molecular weight excluding hydrogens is 216 g/mol. The maximum Gasteiger partial charge on any atom is 0.222 e. The summed E-state index contributed by atoms with van der Waals surface area (Å²) in [6.45, 7) is 1.48. The van der Waals surface area contributed by atoms with Crippen molar-refractivity contribution in [3.05, 3.63) is 23.9 Å². The lowest BCUT2D eigenvalue weighted by atomic mass is 9.83. The highest BCUT2D eigenvalue weighted by molar-refractivity contribution is 5.88. The van der Waals surface area contributed by atoms with E-state index in [0.717, 1.165) is 18.4 Å². The van der Waals surface area contributed by atoms with E-state index >= 15 is 0 Å². The van der Waals surface area contributed by atoms with Crippen LogP contribution in [0.25, 0.3) is 0 Å². The topological polar surface area (TPSA) is 59.1 Å². The molecule has 1 fully saturated rings. The second-order valence-electron chi connectivity index (χ2n) is 4.44. The smallest absolute Gasteiger partial charge is 0.222 e. The molecule has 17 heavy (non-hydrogen) atoms. The van der Waals surface area contributed by atoms with Crippen LogP contribution in [0.1, 0.15) is 44.1 Å². The average Bonchev–Trinajstić information content (AvgIpc) is 2.30. The quantitative estimate of drug-likeness (QED) is 0.850. The number of hydrogen-bond acceptors (Lipinski definition) is 3. The van der Waals surface area contributed by atoms with Gasteiger partial charge in [0.2, 0.25) is 5.91 Å². The summed E-state index contributed by atoms with van der Waals surface area (Å²) in [6, 6.07) is 3.86. The van der Waals surface area contributed by atoms with Crippen molar-refractivity contribution in [1.82, 2.24) is 4.98 Å². The van der Waals surface area contributed by atoms with E-state index in [9.17, 15) is 9.59 Å². The van der Waals surface area contributed by atoms with Gasteiger partial charge in [0.25, 0.3) is 0 Å². The summed E-state index contributed by atoms with van der Waals surface area (Å²) in [6.07, 6.45) is 4.66. The molecule has 1 aliphatic rings. The minimum Gasteiger partial charge on any atom is -0.311 e. The highest BCUT2D eigenvalue weighted by Crippen LogP contribution is 2.34. The normalized spacial score (nSPS) is 16.9. The number of ketones is 1. The lowest BCUT2D eigenvalue weighted by Gasteiger charge is -2.22. The van der Waals surface area contributed by atoms with Crippen LogP contribution in [0.5, 0.6) is 0 Å². The zero-order valence-corrected chi connectivity index (χ0v) is 9.90. The van der Waals surface area contributed by atoms with Crippen LogP contribution in [0.3, 0.4) is 0 Å². The van der Waals surface area contributed by atoms with Crippen LogP contribution in [-0.2, 0) is 9.59 Å². The summed E-state index contributed by atoms with van der Waals surface area (Å²) in [7, 11) is 0. The predicted molar refractivity (Wildman–Crippen MR) is 64.8 cm³/mol. The molecule has 1 N–H and O–H groups in total. The summed E-state index contributed by atoms with van der Waals surface area (Å²) in [5.41, 5.74) is 1.05. The first-order valence-corrected chi connectivity index (χ1v) is 5.91. The molecular formula is C13H16N2O2. The number of nitrogens with zero attached hydrogens (tertiary/aromatic N) is 1. The third-order valence-electron chi connectivity index (χ3n) is 3.12. The number of carbonyl (C=O) groups excluding carboxylic acids is 2. The first kappa shape index (κ1) is 11.8. The molecule has 0 bridgehead atoms. The first-order valence-electron chi connectivity index (χ1n) is 5.91. The number of Topliss-reactive ketones (excluding diaryl/α,β-unsaturated/α-hetero) is 1. The molecule has 0 aliphatic heterocycles. The summed E-state index contributed by atoms with van der Waals surface area (Å²) in [5.74, 6) is 1.20. The molecule has 90 valence electrons. The maximum absolute atomic E-state index is 11.2. The van der Waals surface area contributed by atoms with Crippen molar-refractivity contribution in [2.45, 2.75) is 38.5 Å². The molecule has 4 nitrogen and oxygen atoms in total. The zero-order valence-electron chi connectivity index (χ0n) is 9.90. The molecule has 1 aromatic heterocycles. The van der Waals surface area contributed by atoms with Gasteiger partial charge in [-0.25, -0.2) is 4.98 Å². The Bertz CT molecular complexity index is 433. The fourth-order valence-corrected chi connectivity index (χ4v) is 2.27. The SMILES string of the molecule is CC(=O)Nc1ncccc1C1CCC(=O)CC1. The van der Waals surface area contributed by atoms with E-state index in [1.54, 1.807) is 6.20 Å². The van der Waals surface area contributed by atoms with Crippen LogP contribution < -0.4 is 5.32 Å². The van der Waals surface area contributed by atoms with Gasteiger partial charge in [-0.3, -0.25) is 9.59 Å². The van der Waals surface area contributed by atoms with E-state index in [-0.39, 0.29) is 5.91 Å². The monoisotopic (exact) mass is 232 g/mol. The highest BCUT2D eigenvalue weighted by atomic mass is 16.1. The van der Waals surface area contributed by atoms with E-state index in [1.807, 2.05) is 12.1 Å². The fraction of sp³-hybridized carbons (Fsp3) is 0.462. The molecule has 1 heterocycles. The Kier molecular flexibility index (Phi) is 3.52. The van der Waals surface area contributed by atoms with E-state index < -0.39 is 0 Å². The first-order chi connectivity index (χ1) is 8.16. The largest absolute Gasteiger partial charge is 0.311 e. The molecule has 4 heteroatoms. The molecule has 1 aromatic rings. The van der Waals surface area contributed by atoms with Gasteiger partial charge in [-0.05, 0) is 30.4 Å².